The summed E-state index contributed by atoms with van der Waals surface area (Å²) in [5.74, 6) is 1.11. The number of H-pyrrole nitrogens is 2. The number of fused-ring (bicyclic) bond motifs is 3. The minimum atomic E-state index is -0.997. The van der Waals surface area contributed by atoms with Gasteiger partial charge >= 0.3 is 12.2 Å². The number of alkyl carbamates (subject to hydrolysis) is 2. The van der Waals surface area contributed by atoms with Gasteiger partial charge in [0.2, 0.25) is 11.8 Å². The van der Waals surface area contributed by atoms with Crippen LogP contribution in [-0.2, 0) is 19.1 Å². The van der Waals surface area contributed by atoms with Crippen LogP contribution in [0.2, 0.25) is 0 Å². The predicted octanol–water partition coefficient (Wildman–Crippen LogP) is 7.02. The van der Waals surface area contributed by atoms with Gasteiger partial charge in [-0.15, -0.1) is 0 Å². The van der Waals surface area contributed by atoms with Crippen LogP contribution < -0.4 is 10.6 Å². The number of aromatic nitrogens is 4. The molecule has 4 amide bonds. The number of nitrogens with zero attached hydrogens (tertiary/aromatic N) is 5. The van der Waals surface area contributed by atoms with Crippen molar-refractivity contribution in [2.24, 2.45) is 11.8 Å². The molecule has 2 aromatic heterocycles. The standard InChI is InChI=1S/C45H49N9O6/c1-25(2)38(52-45(58)60-4)43(56)53-19-5-6-37(53)40-47-23-35(49-40)27-9-7-26(8-10-27)28-11-12-30-21-31(14-13-29(30)20-28)36-24-48-41(50-36)39-32-15-16-33(22-32)54(39)42(55)34(17-18-46)51-44(57)59-3/h7-14,20-21,23-25,32-34,37-39H,5-6,15-17,19,22H2,1-4H3,(H,47,49)(H,48,50)(H,51,57)(H,52,58)/t32-,33-,34+,37+,38+,39+/m1/s1. The molecule has 5 aromatic rings. The van der Waals surface area contributed by atoms with Gasteiger partial charge in [0.05, 0.1) is 62.6 Å². The maximum atomic E-state index is 13.8. The number of methoxy groups -OCH3 is 2. The van der Waals surface area contributed by atoms with E-state index in [1.807, 2.05) is 29.7 Å². The zero-order valence-electron chi connectivity index (χ0n) is 34.1. The molecule has 15 nitrogen and oxygen atoms in total. The third-order valence-corrected chi connectivity index (χ3v) is 12.3. The molecule has 1 aliphatic carbocycles. The lowest BCUT2D eigenvalue weighted by Crippen LogP contribution is -2.51. The van der Waals surface area contributed by atoms with Gasteiger partial charge in [0.25, 0.3) is 0 Å². The minimum absolute atomic E-state index is 0.0283. The molecule has 4 N–H and O–H groups in total. The summed E-state index contributed by atoms with van der Waals surface area (Å²) in [5, 5.41) is 16.8. The first-order valence-corrected chi connectivity index (χ1v) is 20.5. The topological polar surface area (TPSA) is 198 Å². The molecular formula is C45H49N9O6. The van der Waals surface area contributed by atoms with Gasteiger partial charge in [0, 0.05) is 18.2 Å². The Hall–Kier alpha value is -6.69. The molecule has 15 heteroatoms. The Morgan fingerprint density at radius 2 is 1.42 bits per heavy atom. The highest BCUT2D eigenvalue weighted by Gasteiger charge is 2.51. The molecule has 0 radical (unpaired) electrons. The minimum Gasteiger partial charge on any atom is -0.453 e. The number of nitrogens with one attached hydrogen (secondary N) is 4. The monoisotopic (exact) mass is 811 g/mol. The molecule has 60 heavy (non-hydrogen) atoms. The Balaban J connectivity index is 0.954. The molecule has 1 saturated carbocycles. The molecule has 0 unspecified atom stereocenters. The van der Waals surface area contributed by atoms with Crippen molar-refractivity contribution < 1.29 is 28.7 Å². The maximum Gasteiger partial charge on any atom is 0.407 e. The fourth-order valence-corrected chi connectivity index (χ4v) is 9.24. The number of benzene rings is 3. The Bertz CT molecular complexity index is 2450. The second-order valence-corrected chi connectivity index (χ2v) is 16.2. The summed E-state index contributed by atoms with van der Waals surface area (Å²) in [6.07, 6.45) is 6.42. The molecule has 8 rings (SSSR count). The molecule has 3 aromatic carbocycles. The summed E-state index contributed by atoms with van der Waals surface area (Å²) in [6, 6.07) is 20.8. The third-order valence-electron chi connectivity index (χ3n) is 12.3. The van der Waals surface area contributed by atoms with E-state index >= 15 is 0 Å². The quantitative estimate of drug-likeness (QED) is 0.108. The fraction of sp³-hybridized carbons (Fsp3) is 0.400. The molecule has 2 aliphatic heterocycles. The molecule has 3 fully saturated rings. The summed E-state index contributed by atoms with van der Waals surface area (Å²) in [6.45, 7) is 4.39. The van der Waals surface area contributed by atoms with Gasteiger partial charge in [0.15, 0.2) is 0 Å². The lowest BCUT2D eigenvalue weighted by Gasteiger charge is -2.36. The van der Waals surface area contributed by atoms with Gasteiger partial charge in [-0.1, -0.05) is 62.4 Å². The summed E-state index contributed by atoms with van der Waals surface area (Å²) >= 11 is 0. The van der Waals surface area contributed by atoms with Gasteiger partial charge in [-0.2, -0.15) is 5.26 Å². The number of ether oxygens (including phenoxy) is 2. The highest BCUT2D eigenvalue weighted by molar-refractivity contribution is 5.91. The van der Waals surface area contributed by atoms with Crippen molar-refractivity contribution in [3.63, 3.8) is 0 Å². The lowest BCUT2D eigenvalue weighted by molar-refractivity contribution is -0.138. The normalized spacial score (nSPS) is 20.5. The van der Waals surface area contributed by atoms with Gasteiger partial charge in [-0.05, 0) is 83.5 Å². The molecular weight excluding hydrogens is 763 g/mol. The molecule has 3 aliphatic rings. The number of hydrogen-bond acceptors (Lipinski definition) is 9. The van der Waals surface area contributed by atoms with E-state index in [1.165, 1.54) is 14.2 Å². The summed E-state index contributed by atoms with van der Waals surface area (Å²) in [4.78, 5) is 71.3. The number of likely N-dealkylation sites (tertiary alicyclic amines) is 2. The molecule has 4 heterocycles. The number of carbonyl (C=O) groups is 4. The van der Waals surface area contributed by atoms with Crippen molar-refractivity contribution in [2.45, 2.75) is 82.6 Å². The van der Waals surface area contributed by atoms with Crippen LogP contribution in [0.4, 0.5) is 9.59 Å². The number of rotatable bonds is 11. The molecule has 6 atom stereocenters. The first-order chi connectivity index (χ1) is 29.1. The average Bonchev–Trinajstić information content (AvgIpc) is 4.13. The molecule has 2 saturated heterocycles. The van der Waals surface area contributed by atoms with Gasteiger partial charge < -0.3 is 39.9 Å². The van der Waals surface area contributed by atoms with E-state index in [0.29, 0.717) is 12.4 Å². The molecule has 2 bridgehead atoms. The first-order valence-electron chi connectivity index (χ1n) is 20.5. The van der Waals surface area contributed by atoms with Crippen LogP contribution >= 0.6 is 0 Å². The zero-order valence-corrected chi connectivity index (χ0v) is 34.1. The van der Waals surface area contributed by atoms with Crippen molar-refractivity contribution in [1.82, 2.24) is 40.4 Å². The lowest BCUT2D eigenvalue weighted by atomic mass is 9.97. The van der Waals surface area contributed by atoms with Crippen LogP contribution in [0.5, 0.6) is 0 Å². The van der Waals surface area contributed by atoms with E-state index in [9.17, 15) is 24.4 Å². The number of nitriles is 1. The van der Waals surface area contributed by atoms with Crippen molar-refractivity contribution in [2.75, 3.05) is 20.8 Å². The van der Waals surface area contributed by atoms with Gasteiger partial charge in [0.1, 0.15) is 23.7 Å². The predicted molar refractivity (Wildman–Crippen MR) is 223 cm³/mol. The first kappa shape index (κ1) is 40.1. The summed E-state index contributed by atoms with van der Waals surface area (Å²) < 4.78 is 9.48. The highest BCUT2D eigenvalue weighted by Crippen LogP contribution is 2.50. The van der Waals surface area contributed by atoms with E-state index < -0.39 is 24.3 Å². The van der Waals surface area contributed by atoms with E-state index in [1.54, 1.807) is 12.4 Å². The van der Waals surface area contributed by atoms with Crippen LogP contribution in [0.25, 0.3) is 44.4 Å². The molecule has 0 spiro atoms. The number of carbonyl (C=O) groups excluding carboxylic acids is 4. The smallest absolute Gasteiger partial charge is 0.407 e. The fourth-order valence-electron chi connectivity index (χ4n) is 9.24. The second kappa shape index (κ2) is 16.9. The zero-order chi connectivity index (χ0) is 42.1. The van der Waals surface area contributed by atoms with E-state index in [-0.39, 0.29) is 48.2 Å². The third kappa shape index (κ3) is 7.77. The van der Waals surface area contributed by atoms with E-state index in [0.717, 1.165) is 82.3 Å². The van der Waals surface area contributed by atoms with Crippen LogP contribution in [0.15, 0.2) is 73.1 Å². The van der Waals surface area contributed by atoms with Crippen molar-refractivity contribution >= 4 is 34.8 Å². The van der Waals surface area contributed by atoms with Crippen LogP contribution in [-0.4, -0.2) is 92.6 Å². The van der Waals surface area contributed by atoms with Crippen LogP contribution in [0.3, 0.4) is 0 Å². The number of aromatic amines is 2. The second-order valence-electron chi connectivity index (χ2n) is 16.2. The van der Waals surface area contributed by atoms with Crippen molar-refractivity contribution in [3.8, 4) is 39.7 Å². The summed E-state index contributed by atoms with van der Waals surface area (Å²) in [5.41, 5.74) is 5.78. The number of imidazole rings is 2. The SMILES string of the molecule is COC(=O)N[C@@H](CC#N)C(=O)N1[C@@H]2CC[C@H](C2)[C@H]1c1ncc(-c2ccc3cc(-c4ccc(-c5cnc([C@@H]6CCCN6C(=O)[C@@H](NC(=O)OC)C(C)C)[nH]5)cc4)ccc3c2)[nH]1. The Morgan fingerprint density at radius 1 is 0.800 bits per heavy atom. The largest absolute Gasteiger partial charge is 0.453 e. The number of amides is 4. The Kier molecular flexibility index (Phi) is 11.3. The Morgan fingerprint density at radius 3 is 2.12 bits per heavy atom. The van der Waals surface area contributed by atoms with E-state index in [4.69, 9.17) is 14.5 Å². The van der Waals surface area contributed by atoms with Crippen LogP contribution in [0.1, 0.15) is 76.1 Å². The number of piperidine rings is 1. The average molecular weight is 812 g/mol. The van der Waals surface area contributed by atoms with E-state index in [2.05, 4.69) is 86.2 Å². The maximum absolute atomic E-state index is 13.8. The summed E-state index contributed by atoms with van der Waals surface area (Å²) in [7, 11) is 2.52. The molecule has 310 valence electrons. The van der Waals surface area contributed by atoms with Gasteiger partial charge in [-0.25, -0.2) is 19.6 Å². The van der Waals surface area contributed by atoms with Crippen molar-refractivity contribution in [3.05, 3.63) is 84.7 Å². The highest BCUT2D eigenvalue weighted by atomic mass is 16.5. The number of hydrogen-bond donors (Lipinski definition) is 4. The van der Waals surface area contributed by atoms with Gasteiger partial charge in [-0.3, -0.25) is 9.59 Å². The van der Waals surface area contributed by atoms with Crippen LogP contribution in [0, 0.1) is 23.2 Å². The van der Waals surface area contributed by atoms with Crippen molar-refractivity contribution in [1.29, 1.82) is 5.26 Å². The Labute approximate surface area is 347 Å².